The number of hydrogen-bond donors (Lipinski definition) is 1. The Balaban J connectivity index is 1.79. The van der Waals surface area contributed by atoms with E-state index in [0.717, 1.165) is 16.0 Å². The van der Waals surface area contributed by atoms with E-state index in [9.17, 15) is 9.59 Å². The number of benzene rings is 2. The van der Waals surface area contributed by atoms with E-state index in [-0.39, 0.29) is 24.5 Å². The first-order chi connectivity index (χ1) is 15.6. The maximum atomic E-state index is 12.8. The number of carbonyl (C=O) groups is 2. The first-order valence-electron chi connectivity index (χ1n) is 10.7. The Hall–Kier alpha value is -2.83. The maximum absolute atomic E-state index is 12.8. The second kappa shape index (κ2) is 10.4. The van der Waals surface area contributed by atoms with Crippen molar-refractivity contribution in [3.63, 3.8) is 0 Å². The third kappa shape index (κ3) is 6.15. The molecule has 1 heterocycles. The first kappa shape index (κ1) is 24.8. The molecule has 0 bridgehead atoms. The van der Waals surface area contributed by atoms with Gasteiger partial charge in [0, 0.05) is 15.5 Å². The Kier molecular flexibility index (Phi) is 7.82. The van der Waals surface area contributed by atoms with E-state index in [1.807, 2.05) is 43.3 Å². The number of hydrogen-bond acceptors (Lipinski definition) is 5. The molecule has 0 unspecified atom stereocenters. The van der Waals surface area contributed by atoms with Crippen molar-refractivity contribution >= 4 is 39.8 Å². The number of aryl methyl sites for hydroxylation is 1. The lowest BCUT2D eigenvalue weighted by molar-refractivity contribution is -0.118. The molecule has 0 aliphatic carbocycles. The van der Waals surface area contributed by atoms with Gasteiger partial charge < -0.3 is 14.8 Å². The number of esters is 1. The van der Waals surface area contributed by atoms with Crippen molar-refractivity contribution < 1.29 is 19.1 Å². The second-order valence-electron chi connectivity index (χ2n) is 8.58. The number of thiophene rings is 1. The zero-order valence-electron chi connectivity index (χ0n) is 19.5. The van der Waals surface area contributed by atoms with Gasteiger partial charge in [0.15, 0.2) is 6.61 Å². The van der Waals surface area contributed by atoms with Crippen LogP contribution in [0.25, 0.3) is 11.1 Å². The third-order valence-corrected chi connectivity index (χ3v) is 6.31. The standard InChI is InChI=1S/C26H28ClNO4S/c1-6-31-25(30)23-22(17-7-11-19(27)12-8-17)16(2)33-24(23)28-21(29)15-32-20-13-9-18(10-14-20)26(3,4)5/h7-14H,6,15H2,1-5H3,(H,28,29). The van der Waals surface area contributed by atoms with Crippen molar-refractivity contribution in [3.05, 3.63) is 69.6 Å². The van der Waals surface area contributed by atoms with Crippen molar-refractivity contribution in [1.29, 1.82) is 0 Å². The maximum Gasteiger partial charge on any atom is 0.341 e. The van der Waals surface area contributed by atoms with E-state index >= 15 is 0 Å². The molecule has 1 aromatic heterocycles. The van der Waals surface area contributed by atoms with Crippen LogP contribution in [0, 0.1) is 6.92 Å². The number of carbonyl (C=O) groups excluding carboxylic acids is 2. The average molecular weight is 486 g/mol. The summed E-state index contributed by atoms with van der Waals surface area (Å²) in [7, 11) is 0. The minimum Gasteiger partial charge on any atom is -0.484 e. The van der Waals surface area contributed by atoms with Gasteiger partial charge in [-0.1, -0.05) is 56.6 Å². The van der Waals surface area contributed by atoms with Crippen LogP contribution in [0.15, 0.2) is 48.5 Å². The fourth-order valence-corrected chi connectivity index (χ4v) is 4.56. The summed E-state index contributed by atoms with van der Waals surface area (Å²) in [5, 5.41) is 3.87. The average Bonchev–Trinajstić information content (AvgIpc) is 3.08. The molecule has 7 heteroatoms. The predicted octanol–water partition coefficient (Wildman–Crippen LogP) is 6.87. The Morgan fingerprint density at radius 2 is 1.67 bits per heavy atom. The molecule has 33 heavy (non-hydrogen) atoms. The van der Waals surface area contributed by atoms with Gasteiger partial charge in [-0.2, -0.15) is 0 Å². The highest BCUT2D eigenvalue weighted by molar-refractivity contribution is 7.17. The van der Waals surface area contributed by atoms with E-state index in [0.29, 0.717) is 21.3 Å². The molecule has 3 rings (SSSR count). The van der Waals surface area contributed by atoms with Gasteiger partial charge in [0.25, 0.3) is 5.91 Å². The van der Waals surface area contributed by atoms with E-state index in [4.69, 9.17) is 21.1 Å². The molecule has 1 amide bonds. The Bertz CT molecular complexity index is 1130. The Morgan fingerprint density at radius 3 is 2.24 bits per heavy atom. The van der Waals surface area contributed by atoms with Crippen molar-refractivity contribution in [1.82, 2.24) is 0 Å². The van der Waals surface area contributed by atoms with Gasteiger partial charge >= 0.3 is 5.97 Å². The minimum absolute atomic E-state index is 0.0399. The molecule has 5 nitrogen and oxygen atoms in total. The molecule has 0 spiro atoms. The van der Waals surface area contributed by atoms with E-state index < -0.39 is 5.97 Å². The quantitative estimate of drug-likeness (QED) is 0.371. The highest BCUT2D eigenvalue weighted by Crippen LogP contribution is 2.40. The highest BCUT2D eigenvalue weighted by Gasteiger charge is 2.25. The van der Waals surface area contributed by atoms with Crippen molar-refractivity contribution in [3.8, 4) is 16.9 Å². The molecule has 0 saturated heterocycles. The molecule has 0 atom stereocenters. The van der Waals surface area contributed by atoms with Gasteiger partial charge in [-0.25, -0.2) is 4.79 Å². The Labute approximate surface area is 203 Å². The molecule has 0 radical (unpaired) electrons. The number of halogens is 1. The number of anilines is 1. The third-order valence-electron chi connectivity index (χ3n) is 5.04. The van der Waals surface area contributed by atoms with Crippen LogP contribution in [0.5, 0.6) is 5.75 Å². The highest BCUT2D eigenvalue weighted by atomic mass is 35.5. The van der Waals surface area contributed by atoms with Crippen LogP contribution < -0.4 is 10.1 Å². The summed E-state index contributed by atoms with van der Waals surface area (Å²) >= 11 is 7.35. The van der Waals surface area contributed by atoms with Gasteiger partial charge in [-0.3, -0.25) is 4.79 Å². The van der Waals surface area contributed by atoms with Crippen LogP contribution >= 0.6 is 22.9 Å². The van der Waals surface area contributed by atoms with Crippen LogP contribution in [-0.2, 0) is 14.9 Å². The SMILES string of the molecule is CCOC(=O)c1c(NC(=O)COc2ccc(C(C)(C)C)cc2)sc(C)c1-c1ccc(Cl)cc1. The summed E-state index contributed by atoms with van der Waals surface area (Å²) in [6.45, 7) is 10.1. The van der Waals surface area contributed by atoms with Gasteiger partial charge in [0.05, 0.1) is 6.61 Å². The zero-order chi connectivity index (χ0) is 24.2. The van der Waals surface area contributed by atoms with Gasteiger partial charge in [0.2, 0.25) is 0 Å². The zero-order valence-corrected chi connectivity index (χ0v) is 21.0. The van der Waals surface area contributed by atoms with Crippen molar-refractivity contribution in [2.45, 2.75) is 40.0 Å². The van der Waals surface area contributed by atoms with Gasteiger partial charge in [-0.05, 0) is 54.7 Å². The fourth-order valence-electron chi connectivity index (χ4n) is 3.36. The van der Waals surface area contributed by atoms with Crippen LogP contribution in [0.3, 0.4) is 0 Å². The molecule has 0 saturated carbocycles. The van der Waals surface area contributed by atoms with Crippen LogP contribution in [-0.4, -0.2) is 25.1 Å². The molecule has 174 valence electrons. The lowest BCUT2D eigenvalue weighted by Gasteiger charge is -2.19. The summed E-state index contributed by atoms with van der Waals surface area (Å²) in [5.41, 5.74) is 3.11. The molecule has 0 fully saturated rings. The smallest absolute Gasteiger partial charge is 0.341 e. The van der Waals surface area contributed by atoms with E-state index in [1.165, 1.54) is 16.9 Å². The van der Waals surface area contributed by atoms with Gasteiger partial charge in [0.1, 0.15) is 16.3 Å². The number of rotatable bonds is 7. The second-order valence-corrected chi connectivity index (χ2v) is 10.2. The molecule has 2 aromatic carbocycles. The fraction of sp³-hybridized carbons (Fsp3) is 0.308. The topological polar surface area (TPSA) is 64.6 Å². The molecular formula is C26H28ClNO4S. The molecule has 0 aliphatic rings. The lowest BCUT2D eigenvalue weighted by Crippen LogP contribution is -2.21. The van der Waals surface area contributed by atoms with Crippen LogP contribution in [0.2, 0.25) is 5.02 Å². The summed E-state index contributed by atoms with van der Waals surface area (Å²) in [4.78, 5) is 26.3. The Morgan fingerprint density at radius 1 is 1.03 bits per heavy atom. The molecule has 3 aromatic rings. The van der Waals surface area contributed by atoms with Crippen LogP contribution in [0.4, 0.5) is 5.00 Å². The van der Waals surface area contributed by atoms with Crippen molar-refractivity contribution in [2.24, 2.45) is 0 Å². The predicted molar refractivity (Wildman–Crippen MR) is 135 cm³/mol. The molecule has 0 aliphatic heterocycles. The number of ether oxygens (including phenoxy) is 2. The van der Waals surface area contributed by atoms with Gasteiger partial charge in [-0.15, -0.1) is 11.3 Å². The largest absolute Gasteiger partial charge is 0.484 e. The minimum atomic E-state index is -0.485. The first-order valence-corrected chi connectivity index (χ1v) is 11.9. The summed E-state index contributed by atoms with van der Waals surface area (Å²) in [6, 6.07) is 14.9. The number of amides is 1. The van der Waals surface area contributed by atoms with E-state index in [1.54, 1.807) is 19.1 Å². The van der Waals surface area contributed by atoms with E-state index in [2.05, 4.69) is 26.1 Å². The number of nitrogens with one attached hydrogen (secondary N) is 1. The molecule has 1 N–H and O–H groups in total. The lowest BCUT2D eigenvalue weighted by atomic mass is 9.87. The van der Waals surface area contributed by atoms with Crippen molar-refractivity contribution in [2.75, 3.05) is 18.5 Å². The monoisotopic (exact) mass is 485 g/mol. The summed E-state index contributed by atoms with van der Waals surface area (Å²) in [5.74, 6) is -0.238. The summed E-state index contributed by atoms with van der Waals surface area (Å²) in [6.07, 6.45) is 0. The normalized spacial score (nSPS) is 11.2. The van der Waals surface area contributed by atoms with Crippen LogP contribution in [0.1, 0.15) is 48.5 Å². The summed E-state index contributed by atoms with van der Waals surface area (Å²) < 4.78 is 10.9. The molecular weight excluding hydrogens is 458 g/mol.